The molecule has 6 aromatic rings. The van der Waals surface area contributed by atoms with E-state index in [1.165, 1.54) is 4.90 Å². The average Bonchev–Trinajstić information content (AvgIpc) is 3.70. The Morgan fingerprint density at radius 2 is 1.39 bits per heavy atom. The van der Waals surface area contributed by atoms with Crippen molar-refractivity contribution in [3.05, 3.63) is 165 Å². The van der Waals surface area contributed by atoms with Gasteiger partial charge in [0.05, 0.1) is 47.5 Å². The Bertz CT molecular complexity index is 2430. The number of aromatic amines is 1. The number of para-hydroxylation sites is 2. The number of aliphatic hydroxyl groups excluding tert-OH is 1. The lowest BCUT2D eigenvalue weighted by Crippen LogP contribution is -2.47. The number of ether oxygens (including phenoxy) is 2. The topological polar surface area (TPSA) is 117 Å². The second-order valence-corrected chi connectivity index (χ2v) is 15.2. The number of aliphatic hydroxyl groups is 1. The number of piperidine rings is 1. The summed E-state index contributed by atoms with van der Waals surface area (Å²) in [6, 6.07) is 39.0. The molecule has 0 bridgehead atoms. The van der Waals surface area contributed by atoms with E-state index in [4.69, 9.17) is 9.47 Å². The van der Waals surface area contributed by atoms with Gasteiger partial charge >= 0.3 is 5.69 Å². The van der Waals surface area contributed by atoms with E-state index < -0.39 is 6.29 Å². The first-order valence-corrected chi connectivity index (χ1v) is 19.4. The van der Waals surface area contributed by atoms with Crippen LogP contribution in [-0.4, -0.2) is 62.0 Å². The maximum absolute atomic E-state index is 13.1. The van der Waals surface area contributed by atoms with E-state index in [9.17, 15) is 19.5 Å². The van der Waals surface area contributed by atoms with Crippen molar-refractivity contribution in [2.45, 2.75) is 57.5 Å². The van der Waals surface area contributed by atoms with Crippen LogP contribution in [0.3, 0.4) is 0 Å². The summed E-state index contributed by atoms with van der Waals surface area (Å²) in [5.41, 5.74) is 8.18. The Balaban J connectivity index is 0.944. The number of nitrogens with one attached hydrogen (secondary N) is 1. The van der Waals surface area contributed by atoms with Crippen LogP contribution in [0.25, 0.3) is 22.2 Å². The van der Waals surface area contributed by atoms with Crippen LogP contribution < -0.4 is 5.69 Å². The molecule has 56 heavy (non-hydrogen) atoms. The highest BCUT2D eigenvalue weighted by Crippen LogP contribution is 2.43. The second kappa shape index (κ2) is 15.1. The lowest BCUT2D eigenvalue weighted by atomic mass is 9.89. The Hall–Kier alpha value is -5.65. The molecule has 10 heteroatoms. The molecular formula is C46H44N4O6. The molecule has 5 aromatic carbocycles. The van der Waals surface area contributed by atoms with Gasteiger partial charge in [0.1, 0.15) is 0 Å². The minimum Gasteiger partial charge on any atom is -0.392 e. The largest absolute Gasteiger partial charge is 0.392 e. The Morgan fingerprint density at radius 3 is 2.12 bits per heavy atom. The van der Waals surface area contributed by atoms with E-state index in [1.54, 1.807) is 24.3 Å². The van der Waals surface area contributed by atoms with Gasteiger partial charge in [0.25, 0.3) is 11.8 Å². The van der Waals surface area contributed by atoms with Crippen LogP contribution >= 0.6 is 0 Å². The summed E-state index contributed by atoms with van der Waals surface area (Å²) >= 11 is 0. The molecule has 0 saturated carbocycles. The summed E-state index contributed by atoms with van der Waals surface area (Å²) in [6.45, 7) is 4.75. The standard InChI is InChI=1S/C46H44N4O6/c1-29-41(27-48-22-20-36(21-23-48)50-40-15-5-4-14-39(40)47-46(50)54)55-45(56-42(29)32-18-16-30(28-51)17-19-32)35-11-7-10-34(25-35)33-9-6-8-31(24-33)26-49-43(52)37-12-2-3-13-38(37)44(49)53/h2-19,24-25,29,36,41-42,45,51H,20-23,26-28H2,1H3,(H,47,54)/t29-,41+,42+,45+/m0/s1. The van der Waals surface area contributed by atoms with Crippen LogP contribution in [-0.2, 0) is 22.6 Å². The summed E-state index contributed by atoms with van der Waals surface area (Å²) in [7, 11) is 0. The molecule has 10 nitrogen and oxygen atoms in total. The molecule has 3 aliphatic heterocycles. The highest BCUT2D eigenvalue weighted by Gasteiger charge is 2.40. The van der Waals surface area contributed by atoms with Gasteiger partial charge in [0.2, 0.25) is 0 Å². The van der Waals surface area contributed by atoms with Crippen LogP contribution in [0.2, 0.25) is 0 Å². The number of hydrogen-bond acceptors (Lipinski definition) is 7. The molecule has 4 atom stereocenters. The summed E-state index contributed by atoms with van der Waals surface area (Å²) in [5, 5.41) is 9.71. The monoisotopic (exact) mass is 748 g/mol. The van der Waals surface area contributed by atoms with Crippen LogP contribution in [0.1, 0.15) is 81.2 Å². The second-order valence-electron chi connectivity index (χ2n) is 15.2. The zero-order valence-corrected chi connectivity index (χ0v) is 31.2. The molecule has 3 aliphatic rings. The molecular weight excluding hydrogens is 705 g/mol. The van der Waals surface area contributed by atoms with Gasteiger partial charge < -0.3 is 24.5 Å². The van der Waals surface area contributed by atoms with Crippen molar-refractivity contribution in [2.75, 3.05) is 19.6 Å². The number of likely N-dealkylation sites (tertiary alicyclic amines) is 1. The van der Waals surface area contributed by atoms with Gasteiger partial charge in [-0.2, -0.15) is 0 Å². The average molecular weight is 749 g/mol. The lowest BCUT2D eigenvalue weighted by molar-refractivity contribution is -0.276. The van der Waals surface area contributed by atoms with Gasteiger partial charge in [0, 0.05) is 37.2 Å². The van der Waals surface area contributed by atoms with Gasteiger partial charge in [-0.05, 0) is 77.1 Å². The summed E-state index contributed by atoms with van der Waals surface area (Å²) < 4.78 is 15.6. The fourth-order valence-corrected chi connectivity index (χ4v) is 8.66. The molecule has 0 spiro atoms. The van der Waals surface area contributed by atoms with E-state index in [1.807, 2.05) is 95.6 Å². The number of carbonyl (C=O) groups excluding carboxylic acids is 2. The van der Waals surface area contributed by atoms with Crippen LogP contribution in [0.15, 0.2) is 126 Å². The van der Waals surface area contributed by atoms with E-state index in [-0.39, 0.29) is 54.8 Å². The number of H-pyrrole nitrogens is 1. The predicted molar refractivity (Wildman–Crippen MR) is 213 cm³/mol. The van der Waals surface area contributed by atoms with Crippen molar-refractivity contribution in [1.82, 2.24) is 19.4 Å². The van der Waals surface area contributed by atoms with Crippen molar-refractivity contribution >= 4 is 22.8 Å². The first-order chi connectivity index (χ1) is 27.3. The molecule has 9 rings (SSSR count). The number of imide groups is 1. The zero-order valence-electron chi connectivity index (χ0n) is 31.2. The summed E-state index contributed by atoms with van der Waals surface area (Å²) in [4.78, 5) is 45.9. The third-order valence-corrected chi connectivity index (χ3v) is 11.7. The van der Waals surface area contributed by atoms with E-state index in [0.29, 0.717) is 11.1 Å². The Morgan fingerprint density at radius 1 is 0.714 bits per heavy atom. The maximum Gasteiger partial charge on any atom is 0.326 e. The molecule has 0 unspecified atom stereocenters. The fourth-order valence-electron chi connectivity index (χ4n) is 8.66. The van der Waals surface area contributed by atoms with Gasteiger partial charge in [-0.1, -0.05) is 91.9 Å². The molecule has 284 valence electrons. The van der Waals surface area contributed by atoms with E-state index in [2.05, 4.69) is 22.9 Å². The van der Waals surface area contributed by atoms with E-state index >= 15 is 0 Å². The van der Waals surface area contributed by atoms with Crippen molar-refractivity contribution in [3.8, 4) is 11.1 Å². The number of carbonyl (C=O) groups is 2. The molecule has 0 aliphatic carbocycles. The van der Waals surface area contributed by atoms with Crippen molar-refractivity contribution in [3.63, 3.8) is 0 Å². The van der Waals surface area contributed by atoms with Crippen molar-refractivity contribution < 1.29 is 24.2 Å². The molecule has 1 aromatic heterocycles. The van der Waals surface area contributed by atoms with Gasteiger partial charge in [-0.25, -0.2) is 4.79 Å². The Kier molecular flexibility index (Phi) is 9.72. The minimum atomic E-state index is -0.637. The Labute approximate surface area is 324 Å². The molecule has 4 heterocycles. The van der Waals surface area contributed by atoms with Gasteiger partial charge in [-0.3, -0.25) is 19.1 Å². The number of imidazole rings is 1. The molecule has 0 radical (unpaired) electrons. The zero-order chi connectivity index (χ0) is 38.3. The molecule has 2 amide bonds. The number of fused-ring (bicyclic) bond motifs is 2. The number of benzene rings is 5. The first kappa shape index (κ1) is 36.0. The van der Waals surface area contributed by atoms with E-state index in [0.717, 1.165) is 76.9 Å². The minimum absolute atomic E-state index is 0.0252. The van der Waals surface area contributed by atoms with Crippen LogP contribution in [0, 0.1) is 5.92 Å². The third-order valence-electron chi connectivity index (χ3n) is 11.7. The number of aromatic nitrogens is 2. The van der Waals surface area contributed by atoms with Crippen LogP contribution in [0.4, 0.5) is 0 Å². The number of rotatable bonds is 9. The molecule has 2 saturated heterocycles. The van der Waals surface area contributed by atoms with Crippen molar-refractivity contribution in [2.24, 2.45) is 5.92 Å². The number of hydrogen-bond donors (Lipinski definition) is 2. The maximum atomic E-state index is 13.1. The normalized spacial score (nSPS) is 21.9. The van der Waals surface area contributed by atoms with Gasteiger partial charge in [0.15, 0.2) is 6.29 Å². The first-order valence-electron chi connectivity index (χ1n) is 19.4. The number of amides is 2. The highest BCUT2D eigenvalue weighted by molar-refractivity contribution is 6.21. The highest BCUT2D eigenvalue weighted by atomic mass is 16.7. The fraction of sp³-hybridized carbons (Fsp3) is 0.283. The summed E-state index contributed by atoms with van der Waals surface area (Å²) in [5.74, 6) is -0.520. The van der Waals surface area contributed by atoms with Gasteiger partial charge in [-0.15, -0.1) is 0 Å². The molecule has 2 fully saturated rings. The number of nitrogens with zero attached hydrogens (tertiary/aromatic N) is 3. The smallest absolute Gasteiger partial charge is 0.326 e. The van der Waals surface area contributed by atoms with Crippen LogP contribution in [0.5, 0.6) is 0 Å². The predicted octanol–water partition coefficient (Wildman–Crippen LogP) is 7.41. The lowest BCUT2D eigenvalue weighted by Gasteiger charge is -2.44. The van der Waals surface area contributed by atoms with Crippen molar-refractivity contribution in [1.29, 1.82) is 0 Å². The molecule has 2 N–H and O–H groups in total. The quantitative estimate of drug-likeness (QED) is 0.148. The summed E-state index contributed by atoms with van der Waals surface area (Å²) in [6.07, 6.45) is 0.699. The third kappa shape index (κ3) is 6.79. The SMILES string of the molecule is C[C@H]1[C@@H](CN2CCC(n3c(=O)[nH]c4ccccc43)CC2)O[C@@H](c2cccc(-c3cccc(CN4C(=O)c5ccccc5C4=O)c3)c2)O[C@H]1c1ccc(CO)cc1.